The fraction of sp³-hybridized carbons (Fsp3) is 0.636. The third-order valence-corrected chi connectivity index (χ3v) is 7.25. The lowest BCUT2D eigenvalue weighted by Crippen LogP contribution is -2.67. The summed E-state index contributed by atoms with van der Waals surface area (Å²) in [5.41, 5.74) is -0.0140. The van der Waals surface area contributed by atoms with Crippen molar-refractivity contribution in [2.24, 2.45) is 23.7 Å². The molecule has 27 heavy (non-hydrogen) atoms. The lowest BCUT2D eigenvalue weighted by molar-refractivity contribution is -0.156. The Morgan fingerprint density at radius 2 is 2.11 bits per heavy atom. The molecule has 0 radical (unpaired) electrons. The molecule has 1 saturated heterocycles. The first-order valence-corrected chi connectivity index (χ1v) is 10.4. The summed E-state index contributed by atoms with van der Waals surface area (Å²) in [6, 6.07) is 7.47. The molecule has 5 nitrogen and oxygen atoms in total. The zero-order valence-electron chi connectivity index (χ0n) is 15.9. The van der Waals surface area contributed by atoms with Crippen LogP contribution in [0.4, 0.5) is 0 Å². The van der Waals surface area contributed by atoms with Crippen molar-refractivity contribution >= 4 is 11.8 Å². The number of fused-ring (bicyclic) bond motifs is 3. The van der Waals surface area contributed by atoms with Gasteiger partial charge in [-0.1, -0.05) is 19.1 Å². The summed E-state index contributed by atoms with van der Waals surface area (Å²) in [7, 11) is 0. The lowest BCUT2D eigenvalue weighted by Gasteiger charge is -2.55. The van der Waals surface area contributed by atoms with E-state index in [4.69, 9.17) is 4.74 Å². The minimum atomic E-state index is -0.625. The SMILES string of the molecule is C[C@@H]1CCCN(C(=O)[C@@H]2C[C@@H]3CC[C@@H]2C[C@@]32NC(=O)c3ccccc3O2)C1. The number of benzene rings is 1. The number of carbonyl (C=O) groups excluding carboxylic acids is 2. The molecule has 3 saturated carbocycles. The Kier molecular flexibility index (Phi) is 3.95. The molecule has 2 heterocycles. The normalized spacial score (nSPS) is 37.5. The Labute approximate surface area is 160 Å². The third-order valence-electron chi connectivity index (χ3n) is 7.25. The molecule has 2 aliphatic heterocycles. The molecule has 5 atom stereocenters. The van der Waals surface area contributed by atoms with E-state index < -0.39 is 5.72 Å². The fourth-order valence-electron chi connectivity index (χ4n) is 5.89. The highest BCUT2D eigenvalue weighted by atomic mass is 16.5. The molecule has 5 aliphatic rings. The van der Waals surface area contributed by atoms with Crippen molar-refractivity contribution in [3.63, 3.8) is 0 Å². The van der Waals surface area contributed by atoms with Crippen LogP contribution in [0.15, 0.2) is 24.3 Å². The first kappa shape index (κ1) is 17.1. The van der Waals surface area contributed by atoms with E-state index in [1.807, 2.05) is 24.3 Å². The number of carbonyl (C=O) groups is 2. The van der Waals surface area contributed by atoms with Gasteiger partial charge in [0.1, 0.15) is 5.75 Å². The topological polar surface area (TPSA) is 58.6 Å². The summed E-state index contributed by atoms with van der Waals surface area (Å²) < 4.78 is 6.40. The predicted octanol–water partition coefficient (Wildman–Crippen LogP) is 3.20. The van der Waals surface area contributed by atoms with Crippen LogP contribution in [-0.2, 0) is 4.79 Å². The fourth-order valence-corrected chi connectivity index (χ4v) is 5.89. The second-order valence-electron chi connectivity index (χ2n) is 9.05. The van der Waals surface area contributed by atoms with Crippen molar-refractivity contribution in [2.45, 2.75) is 51.2 Å². The van der Waals surface area contributed by atoms with E-state index in [0.29, 0.717) is 29.1 Å². The van der Waals surface area contributed by atoms with E-state index in [-0.39, 0.29) is 17.7 Å². The summed E-state index contributed by atoms with van der Waals surface area (Å²) in [5, 5.41) is 3.18. The summed E-state index contributed by atoms with van der Waals surface area (Å²) in [6.45, 7) is 4.05. The van der Waals surface area contributed by atoms with Crippen LogP contribution in [0.5, 0.6) is 5.75 Å². The number of amides is 2. The summed E-state index contributed by atoms with van der Waals surface area (Å²) >= 11 is 0. The summed E-state index contributed by atoms with van der Waals surface area (Å²) in [5.74, 6) is 2.18. The molecule has 4 fully saturated rings. The first-order chi connectivity index (χ1) is 13.1. The van der Waals surface area contributed by atoms with Crippen molar-refractivity contribution in [3.05, 3.63) is 29.8 Å². The van der Waals surface area contributed by atoms with Crippen LogP contribution in [0.1, 0.15) is 55.8 Å². The molecule has 2 bridgehead atoms. The van der Waals surface area contributed by atoms with Crippen molar-refractivity contribution in [1.29, 1.82) is 0 Å². The van der Waals surface area contributed by atoms with Crippen LogP contribution in [-0.4, -0.2) is 35.5 Å². The smallest absolute Gasteiger partial charge is 0.258 e. The Bertz CT molecular complexity index is 779. The van der Waals surface area contributed by atoms with E-state index in [1.54, 1.807) is 0 Å². The molecule has 6 rings (SSSR count). The van der Waals surface area contributed by atoms with Crippen molar-refractivity contribution < 1.29 is 14.3 Å². The molecular formula is C22H28N2O3. The number of para-hydroxylation sites is 1. The van der Waals surface area contributed by atoms with E-state index >= 15 is 0 Å². The number of hydrogen-bond donors (Lipinski definition) is 1. The Balaban J connectivity index is 1.36. The van der Waals surface area contributed by atoms with Gasteiger partial charge in [-0.2, -0.15) is 0 Å². The van der Waals surface area contributed by atoms with Gasteiger partial charge in [0.15, 0.2) is 5.72 Å². The number of rotatable bonds is 1. The van der Waals surface area contributed by atoms with Crippen LogP contribution in [0.2, 0.25) is 0 Å². The number of hydrogen-bond acceptors (Lipinski definition) is 3. The Hall–Kier alpha value is -2.04. The largest absolute Gasteiger partial charge is 0.467 e. The molecule has 1 aromatic carbocycles. The molecule has 5 heteroatoms. The van der Waals surface area contributed by atoms with Crippen molar-refractivity contribution in [3.8, 4) is 5.75 Å². The van der Waals surface area contributed by atoms with E-state index in [2.05, 4.69) is 17.1 Å². The van der Waals surface area contributed by atoms with Crippen LogP contribution in [0.3, 0.4) is 0 Å². The van der Waals surface area contributed by atoms with Gasteiger partial charge >= 0.3 is 0 Å². The minimum Gasteiger partial charge on any atom is -0.467 e. The predicted molar refractivity (Wildman–Crippen MR) is 101 cm³/mol. The Morgan fingerprint density at radius 3 is 2.89 bits per heavy atom. The van der Waals surface area contributed by atoms with Crippen LogP contribution < -0.4 is 10.1 Å². The average Bonchev–Trinajstić information content (AvgIpc) is 2.68. The maximum Gasteiger partial charge on any atom is 0.258 e. The molecular weight excluding hydrogens is 340 g/mol. The zero-order chi connectivity index (χ0) is 18.6. The van der Waals surface area contributed by atoms with Gasteiger partial charge in [-0.25, -0.2) is 0 Å². The standard InChI is InChI=1S/C22H28N2O3/c1-14-5-4-10-24(13-14)21(26)18-11-16-9-8-15(18)12-22(16)23-20(25)17-6-2-3-7-19(17)27-22/h2-3,6-7,14-16,18H,4-5,8-13H2,1H3,(H,23,25)/t14-,15-,16+,18-,22+/m1/s1. The number of nitrogens with one attached hydrogen (secondary N) is 1. The van der Waals surface area contributed by atoms with Crippen LogP contribution in [0, 0.1) is 23.7 Å². The number of likely N-dealkylation sites (tertiary alicyclic amines) is 1. The molecule has 1 spiro atoms. The van der Waals surface area contributed by atoms with Crippen LogP contribution >= 0.6 is 0 Å². The van der Waals surface area contributed by atoms with Gasteiger partial charge in [-0.3, -0.25) is 9.59 Å². The highest BCUT2D eigenvalue weighted by Crippen LogP contribution is 2.52. The van der Waals surface area contributed by atoms with Gasteiger partial charge in [0.2, 0.25) is 5.91 Å². The highest BCUT2D eigenvalue weighted by Gasteiger charge is 2.57. The maximum absolute atomic E-state index is 13.2. The first-order valence-electron chi connectivity index (χ1n) is 10.4. The summed E-state index contributed by atoms with van der Waals surface area (Å²) in [6.07, 6.45) is 6.01. The Morgan fingerprint density at radius 1 is 1.26 bits per heavy atom. The number of nitrogens with zero attached hydrogens (tertiary/aromatic N) is 1. The molecule has 3 aliphatic carbocycles. The number of piperidine rings is 1. The molecule has 1 aromatic rings. The van der Waals surface area contributed by atoms with E-state index in [9.17, 15) is 9.59 Å². The molecule has 0 unspecified atom stereocenters. The lowest BCUT2D eigenvalue weighted by atomic mass is 9.59. The van der Waals surface area contributed by atoms with E-state index in [0.717, 1.165) is 45.2 Å². The third kappa shape index (κ3) is 2.74. The average molecular weight is 368 g/mol. The van der Waals surface area contributed by atoms with Gasteiger partial charge < -0.3 is 15.0 Å². The minimum absolute atomic E-state index is 0.0443. The van der Waals surface area contributed by atoms with Gasteiger partial charge in [0.05, 0.1) is 5.56 Å². The van der Waals surface area contributed by atoms with Gasteiger partial charge in [0, 0.05) is 31.3 Å². The molecule has 0 aromatic heterocycles. The zero-order valence-corrected chi connectivity index (χ0v) is 15.9. The maximum atomic E-state index is 13.2. The molecule has 2 amide bonds. The van der Waals surface area contributed by atoms with E-state index in [1.165, 1.54) is 6.42 Å². The molecule has 144 valence electrons. The second kappa shape index (κ2) is 6.25. The highest BCUT2D eigenvalue weighted by molar-refractivity contribution is 5.98. The van der Waals surface area contributed by atoms with Gasteiger partial charge in [0.25, 0.3) is 5.91 Å². The van der Waals surface area contributed by atoms with Crippen molar-refractivity contribution in [1.82, 2.24) is 10.2 Å². The van der Waals surface area contributed by atoms with Gasteiger partial charge in [-0.15, -0.1) is 0 Å². The number of ether oxygens (including phenoxy) is 1. The van der Waals surface area contributed by atoms with Gasteiger partial charge in [-0.05, 0) is 56.1 Å². The van der Waals surface area contributed by atoms with Crippen LogP contribution in [0.25, 0.3) is 0 Å². The second-order valence-corrected chi connectivity index (χ2v) is 9.05. The molecule has 1 N–H and O–H groups in total. The quantitative estimate of drug-likeness (QED) is 0.828. The monoisotopic (exact) mass is 368 g/mol. The summed E-state index contributed by atoms with van der Waals surface area (Å²) in [4.78, 5) is 28.0. The van der Waals surface area contributed by atoms with Crippen molar-refractivity contribution in [2.75, 3.05) is 13.1 Å².